The van der Waals surface area contributed by atoms with Crippen molar-refractivity contribution in [2.75, 3.05) is 12.8 Å². The number of fused-ring (bicyclic) bond motifs is 1. The highest BCUT2D eigenvalue weighted by Gasteiger charge is 2.21. The molecule has 0 unspecified atom stereocenters. The van der Waals surface area contributed by atoms with Crippen molar-refractivity contribution >= 4 is 5.82 Å². The van der Waals surface area contributed by atoms with Crippen molar-refractivity contribution in [1.29, 1.82) is 0 Å². The minimum atomic E-state index is 0.692. The number of anilines is 1. The lowest BCUT2D eigenvalue weighted by Gasteiger charge is -2.21. The van der Waals surface area contributed by atoms with Gasteiger partial charge in [0, 0.05) is 18.2 Å². The van der Waals surface area contributed by atoms with E-state index in [4.69, 9.17) is 10.5 Å². The summed E-state index contributed by atoms with van der Waals surface area (Å²) in [6, 6.07) is 4.23. The molecule has 0 spiro atoms. The Kier molecular flexibility index (Phi) is 2.93. The molecule has 0 atom stereocenters. The van der Waals surface area contributed by atoms with Gasteiger partial charge in [-0.05, 0) is 42.9 Å². The molecular formula is C15H19N3O. The van der Waals surface area contributed by atoms with Crippen LogP contribution in [0.15, 0.2) is 18.3 Å². The summed E-state index contributed by atoms with van der Waals surface area (Å²) >= 11 is 0. The third-order valence-corrected chi connectivity index (χ3v) is 3.97. The lowest BCUT2D eigenvalue weighted by atomic mass is 9.86. The van der Waals surface area contributed by atoms with Gasteiger partial charge in [0.25, 0.3) is 0 Å². The zero-order chi connectivity index (χ0) is 13.4. The molecule has 2 N–H and O–H groups in total. The van der Waals surface area contributed by atoms with E-state index in [0.29, 0.717) is 5.82 Å². The Hall–Kier alpha value is -1.97. The molecule has 0 amide bonds. The van der Waals surface area contributed by atoms with Crippen LogP contribution in [-0.2, 0) is 19.9 Å². The highest BCUT2D eigenvalue weighted by Crippen LogP contribution is 2.40. The summed E-state index contributed by atoms with van der Waals surface area (Å²) in [5.41, 5.74) is 11.1. The van der Waals surface area contributed by atoms with Crippen LogP contribution in [-0.4, -0.2) is 16.9 Å². The Bertz CT molecular complexity index is 616. The largest absolute Gasteiger partial charge is 0.496 e. The molecule has 3 rings (SSSR count). The van der Waals surface area contributed by atoms with Crippen molar-refractivity contribution in [2.24, 2.45) is 7.05 Å². The number of ether oxygens (including phenoxy) is 1. The quantitative estimate of drug-likeness (QED) is 0.899. The van der Waals surface area contributed by atoms with E-state index < -0.39 is 0 Å². The second kappa shape index (κ2) is 4.61. The second-order valence-electron chi connectivity index (χ2n) is 5.05. The molecule has 4 heteroatoms. The normalized spacial score (nSPS) is 14.2. The lowest BCUT2D eigenvalue weighted by Crippen LogP contribution is -2.07. The highest BCUT2D eigenvalue weighted by molar-refractivity contribution is 5.82. The van der Waals surface area contributed by atoms with Crippen LogP contribution in [0.4, 0.5) is 5.82 Å². The van der Waals surface area contributed by atoms with E-state index in [-0.39, 0.29) is 0 Å². The molecule has 1 aromatic heterocycles. The summed E-state index contributed by atoms with van der Waals surface area (Å²) in [6.07, 6.45) is 6.57. The van der Waals surface area contributed by atoms with Gasteiger partial charge in [-0.15, -0.1) is 0 Å². The maximum absolute atomic E-state index is 6.14. The third-order valence-electron chi connectivity index (χ3n) is 3.97. The van der Waals surface area contributed by atoms with Crippen molar-refractivity contribution in [3.8, 4) is 16.9 Å². The number of nitrogens with two attached hydrogens (primary N) is 1. The number of nitrogens with zero attached hydrogens (tertiary/aromatic N) is 2. The van der Waals surface area contributed by atoms with Gasteiger partial charge in [-0.3, -0.25) is 4.68 Å². The number of benzene rings is 1. The Morgan fingerprint density at radius 1 is 1.26 bits per heavy atom. The summed E-state index contributed by atoms with van der Waals surface area (Å²) in [5.74, 6) is 1.58. The van der Waals surface area contributed by atoms with Crippen LogP contribution in [0.2, 0.25) is 0 Å². The van der Waals surface area contributed by atoms with Crippen molar-refractivity contribution in [1.82, 2.24) is 9.78 Å². The van der Waals surface area contributed by atoms with E-state index in [1.807, 2.05) is 19.3 Å². The van der Waals surface area contributed by atoms with Crippen molar-refractivity contribution in [2.45, 2.75) is 25.7 Å². The van der Waals surface area contributed by atoms with Crippen molar-refractivity contribution < 1.29 is 4.74 Å². The smallest absolute Gasteiger partial charge is 0.129 e. The van der Waals surface area contributed by atoms with Crippen LogP contribution in [0.5, 0.6) is 5.75 Å². The fourth-order valence-corrected chi connectivity index (χ4v) is 2.91. The standard InChI is InChI=1S/C15H19N3O/c1-18-15(16)12(9-17-18)14-11-6-4-3-5-10(11)7-8-13(14)19-2/h7-9H,3-6,16H2,1-2H3. The first-order chi connectivity index (χ1) is 9.22. The van der Waals surface area contributed by atoms with Crippen LogP contribution in [0, 0.1) is 0 Å². The summed E-state index contributed by atoms with van der Waals surface area (Å²) in [4.78, 5) is 0. The first kappa shape index (κ1) is 12.1. The second-order valence-corrected chi connectivity index (χ2v) is 5.05. The van der Waals surface area contributed by atoms with Gasteiger partial charge in [0.1, 0.15) is 11.6 Å². The van der Waals surface area contributed by atoms with Gasteiger partial charge in [-0.25, -0.2) is 0 Å². The van der Waals surface area contributed by atoms with Crippen LogP contribution in [0.3, 0.4) is 0 Å². The number of hydrogen-bond acceptors (Lipinski definition) is 3. The minimum Gasteiger partial charge on any atom is -0.496 e. The van der Waals surface area contributed by atoms with E-state index in [0.717, 1.165) is 29.7 Å². The Labute approximate surface area is 113 Å². The highest BCUT2D eigenvalue weighted by atomic mass is 16.5. The number of hydrogen-bond donors (Lipinski definition) is 1. The molecule has 1 aromatic carbocycles. The monoisotopic (exact) mass is 257 g/mol. The molecule has 1 aliphatic carbocycles. The van der Waals surface area contributed by atoms with Crippen LogP contribution in [0.25, 0.3) is 11.1 Å². The molecule has 2 aromatic rings. The maximum atomic E-state index is 6.14. The van der Waals surface area contributed by atoms with Gasteiger partial charge in [-0.1, -0.05) is 6.07 Å². The zero-order valence-electron chi connectivity index (χ0n) is 11.4. The van der Waals surface area contributed by atoms with Crippen LogP contribution < -0.4 is 10.5 Å². The van der Waals surface area contributed by atoms with Gasteiger partial charge in [0.05, 0.1) is 13.3 Å². The zero-order valence-corrected chi connectivity index (χ0v) is 11.4. The number of methoxy groups -OCH3 is 1. The maximum Gasteiger partial charge on any atom is 0.129 e. The lowest BCUT2D eigenvalue weighted by molar-refractivity contribution is 0.415. The van der Waals surface area contributed by atoms with Crippen LogP contribution >= 0.6 is 0 Å². The number of aromatic nitrogens is 2. The first-order valence-electron chi connectivity index (χ1n) is 6.69. The molecule has 0 bridgehead atoms. The van der Waals surface area contributed by atoms with E-state index in [2.05, 4.69) is 11.2 Å². The topological polar surface area (TPSA) is 53.1 Å². The van der Waals surface area contributed by atoms with Crippen molar-refractivity contribution in [3.05, 3.63) is 29.5 Å². The number of nitrogen functional groups attached to an aromatic ring is 1. The average molecular weight is 257 g/mol. The van der Waals surface area contributed by atoms with E-state index >= 15 is 0 Å². The fraction of sp³-hybridized carbons (Fsp3) is 0.400. The summed E-state index contributed by atoms with van der Waals surface area (Å²) in [6.45, 7) is 0. The van der Waals surface area contributed by atoms with Crippen molar-refractivity contribution in [3.63, 3.8) is 0 Å². The Morgan fingerprint density at radius 3 is 2.74 bits per heavy atom. The van der Waals surface area contributed by atoms with Gasteiger partial charge in [0.15, 0.2) is 0 Å². The fourth-order valence-electron chi connectivity index (χ4n) is 2.91. The Morgan fingerprint density at radius 2 is 2.05 bits per heavy atom. The average Bonchev–Trinajstić information content (AvgIpc) is 2.77. The molecule has 4 nitrogen and oxygen atoms in total. The predicted octanol–water partition coefficient (Wildman–Crippen LogP) is 2.56. The molecule has 0 radical (unpaired) electrons. The Balaban J connectivity index is 2.26. The summed E-state index contributed by atoms with van der Waals surface area (Å²) in [7, 11) is 3.57. The SMILES string of the molecule is COc1ccc2c(c1-c1cnn(C)c1N)CCCC2. The molecule has 100 valence electrons. The van der Waals surface area contributed by atoms with Gasteiger partial charge in [-0.2, -0.15) is 5.10 Å². The summed E-state index contributed by atoms with van der Waals surface area (Å²) in [5, 5.41) is 4.25. The first-order valence-corrected chi connectivity index (χ1v) is 6.69. The molecule has 1 heterocycles. The molecular weight excluding hydrogens is 238 g/mol. The number of aryl methyl sites for hydroxylation is 2. The van der Waals surface area contributed by atoms with Gasteiger partial charge in [0.2, 0.25) is 0 Å². The van der Waals surface area contributed by atoms with Gasteiger partial charge < -0.3 is 10.5 Å². The molecule has 0 saturated carbocycles. The molecule has 19 heavy (non-hydrogen) atoms. The van der Waals surface area contributed by atoms with E-state index in [9.17, 15) is 0 Å². The minimum absolute atomic E-state index is 0.692. The summed E-state index contributed by atoms with van der Waals surface area (Å²) < 4.78 is 7.24. The molecule has 0 aliphatic heterocycles. The molecule has 0 saturated heterocycles. The third kappa shape index (κ3) is 1.87. The van der Waals surface area contributed by atoms with Gasteiger partial charge >= 0.3 is 0 Å². The number of rotatable bonds is 2. The predicted molar refractivity (Wildman–Crippen MR) is 76.3 cm³/mol. The van der Waals surface area contributed by atoms with E-state index in [1.54, 1.807) is 11.8 Å². The molecule has 1 aliphatic rings. The molecule has 0 fully saturated rings. The van der Waals surface area contributed by atoms with E-state index in [1.165, 1.54) is 24.0 Å². The van der Waals surface area contributed by atoms with Crippen LogP contribution in [0.1, 0.15) is 24.0 Å².